The smallest absolute Gasteiger partial charge is 0.236 e. The van der Waals surface area contributed by atoms with E-state index in [1.807, 2.05) is 0 Å². The van der Waals surface area contributed by atoms with Crippen LogP contribution in [-0.4, -0.2) is 37.5 Å². The second-order valence-electron chi connectivity index (χ2n) is 4.64. The minimum Gasteiger partial charge on any atom is -0.348 e. The molecule has 2 atom stereocenters. The van der Waals surface area contributed by atoms with Gasteiger partial charge in [-0.3, -0.25) is 4.79 Å². The lowest BCUT2D eigenvalue weighted by molar-refractivity contribution is -0.127. The summed E-state index contributed by atoms with van der Waals surface area (Å²) in [5, 5.41) is 3.34. The maximum absolute atomic E-state index is 11.3. The van der Waals surface area contributed by atoms with Crippen molar-refractivity contribution in [3.8, 4) is 0 Å². The lowest BCUT2D eigenvalue weighted by atomic mass is 9.87. The number of hydrogen-bond acceptors (Lipinski definition) is 2. The highest BCUT2D eigenvalue weighted by Gasteiger charge is 2.18. The first-order valence-corrected chi connectivity index (χ1v) is 5.53. The van der Waals surface area contributed by atoms with Gasteiger partial charge in [0.15, 0.2) is 0 Å². The van der Waals surface area contributed by atoms with Gasteiger partial charge in [-0.2, -0.15) is 0 Å². The minimum atomic E-state index is 0.170. The Balaban J connectivity index is 2.20. The molecule has 1 rings (SSSR count). The van der Waals surface area contributed by atoms with E-state index in [0.717, 1.165) is 5.92 Å². The van der Waals surface area contributed by atoms with Crippen LogP contribution < -0.4 is 5.32 Å². The molecule has 3 heteroatoms. The molecule has 0 aromatic heterocycles. The van der Waals surface area contributed by atoms with Crippen LogP contribution in [0.2, 0.25) is 0 Å². The third kappa shape index (κ3) is 3.66. The number of amides is 1. The molecule has 1 aliphatic rings. The molecule has 1 fully saturated rings. The Morgan fingerprint density at radius 2 is 2.14 bits per heavy atom. The Morgan fingerprint density at radius 1 is 1.43 bits per heavy atom. The van der Waals surface area contributed by atoms with E-state index in [1.54, 1.807) is 19.0 Å². The first kappa shape index (κ1) is 11.5. The van der Waals surface area contributed by atoms with Crippen molar-refractivity contribution >= 4 is 5.91 Å². The Hall–Kier alpha value is -0.570. The van der Waals surface area contributed by atoms with Gasteiger partial charge in [-0.25, -0.2) is 0 Å². The largest absolute Gasteiger partial charge is 0.348 e. The highest BCUT2D eigenvalue weighted by molar-refractivity contribution is 5.77. The fourth-order valence-corrected chi connectivity index (χ4v) is 2.01. The van der Waals surface area contributed by atoms with Crippen molar-refractivity contribution in [3.63, 3.8) is 0 Å². The summed E-state index contributed by atoms with van der Waals surface area (Å²) in [6, 6.07) is 0.558. The van der Waals surface area contributed by atoms with Crippen LogP contribution >= 0.6 is 0 Å². The summed E-state index contributed by atoms with van der Waals surface area (Å²) in [5.74, 6) is 0.985. The van der Waals surface area contributed by atoms with Crippen molar-refractivity contribution in [2.24, 2.45) is 5.92 Å². The van der Waals surface area contributed by atoms with E-state index in [9.17, 15) is 4.79 Å². The van der Waals surface area contributed by atoms with E-state index >= 15 is 0 Å². The number of likely N-dealkylation sites (N-methyl/N-ethyl adjacent to an activating group) is 1. The molecular weight excluding hydrogens is 176 g/mol. The molecule has 1 amide bonds. The molecule has 0 radical (unpaired) electrons. The molecule has 0 aromatic rings. The van der Waals surface area contributed by atoms with Crippen LogP contribution in [0, 0.1) is 5.92 Å². The quantitative estimate of drug-likeness (QED) is 0.740. The summed E-state index contributed by atoms with van der Waals surface area (Å²) < 4.78 is 0. The summed E-state index contributed by atoms with van der Waals surface area (Å²) in [5.41, 5.74) is 0. The van der Waals surface area contributed by atoms with Gasteiger partial charge < -0.3 is 10.2 Å². The lowest BCUT2D eigenvalue weighted by Crippen LogP contribution is -2.40. The van der Waals surface area contributed by atoms with Crippen molar-refractivity contribution in [1.82, 2.24) is 10.2 Å². The van der Waals surface area contributed by atoms with Gasteiger partial charge in [0.2, 0.25) is 5.91 Å². The zero-order valence-electron chi connectivity index (χ0n) is 9.55. The van der Waals surface area contributed by atoms with E-state index in [1.165, 1.54) is 25.7 Å². The third-order valence-electron chi connectivity index (χ3n) is 2.98. The first-order chi connectivity index (χ1) is 6.59. The maximum atomic E-state index is 11.3. The molecule has 0 bridgehead atoms. The number of nitrogens with one attached hydrogen (secondary N) is 1. The summed E-state index contributed by atoms with van der Waals surface area (Å²) in [6.45, 7) is 2.78. The number of carbonyl (C=O) groups excluding carboxylic acids is 1. The molecule has 0 aromatic carbocycles. The zero-order chi connectivity index (χ0) is 10.6. The Morgan fingerprint density at radius 3 is 2.71 bits per heavy atom. The Labute approximate surface area is 86.9 Å². The Kier molecular flexibility index (Phi) is 4.39. The average molecular weight is 198 g/mol. The fourth-order valence-electron chi connectivity index (χ4n) is 2.01. The van der Waals surface area contributed by atoms with Crippen LogP contribution in [-0.2, 0) is 4.79 Å². The van der Waals surface area contributed by atoms with E-state index in [4.69, 9.17) is 0 Å². The second-order valence-corrected chi connectivity index (χ2v) is 4.64. The monoisotopic (exact) mass is 198 g/mol. The van der Waals surface area contributed by atoms with Crippen LogP contribution in [0.25, 0.3) is 0 Å². The number of nitrogens with zero attached hydrogens (tertiary/aromatic N) is 1. The van der Waals surface area contributed by atoms with Gasteiger partial charge in [-0.1, -0.05) is 19.8 Å². The van der Waals surface area contributed by atoms with Gasteiger partial charge in [0.05, 0.1) is 6.54 Å². The minimum absolute atomic E-state index is 0.170. The summed E-state index contributed by atoms with van der Waals surface area (Å²) >= 11 is 0. The van der Waals surface area contributed by atoms with Gasteiger partial charge in [0, 0.05) is 20.1 Å². The van der Waals surface area contributed by atoms with E-state index in [0.29, 0.717) is 12.6 Å². The molecule has 14 heavy (non-hydrogen) atoms. The van der Waals surface area contributed by atoms with Crippen molar-refractivity contribution in [2.75, 3.05) is 20.6 Å². The molecule has 0 saturated heterocycles. The normalized spacial score (nSPS) is 27.4. The average Bonchev–Trinajstić information content (AvgIpc) is 2.14. The maximum Gasteiger partial charge on any atom is 0.236 e. The molecule has 0 unspecified atom stereocenters. The van der Waals surface area contributed by atoms with E-state index in [2.05, 4.69) is 12.2 Å². The summed E-state index contributed by atoms with van der Waals surface area (Å²) in [7, 11) is 3.60. The van der Waals surface area contributed by atoms with Gasteiger partial charge >= 0.3 is 0 Å². The molecule has 1 aliphatic carbocycles. The molecule has 82 valence electrons. The van der Waals surface area contributed by atoms with Crippen molar-refractivity contribution in [2.45, 2.75) is 38.6 Å². The fraction of sp³-hybridized carbons (Fsp3) is 0.909. The zero-order valence-corrected chi connectivity index (χ0v) is 9.55. The highest BCUT2D eigenvalue weighted by Crippen LogP contribution is 2.23. The van der Waals surface area contributed by atoms with Gasteiger partial charge in [0.25, 0.3) is 0 Å². The van der Waals surface area contributed by atoms with Crippen LogP contribution in [0.4, 0.5) is 0 Å². The first-order valence-electron chi connectivity index (χ1n) is 5.53. The topological polar surface area (TPSA) is 32.3 Å². The molecule has 1 N–H and O–H groups in total. The molecule has 0 aliphatic heterocycles. The van der Waals surface area contributed by atoms with Crippen LogP contribution in [0.15, 0.2) is 0 Å². The molecule has 3 nitrogen and oxygen atoms in total. The third-order valence-corrected chi connectivity index (χ3v) is 2.98. The molecule has 0 spiro atoms. The summed E-state index contributed by atoms with van der Waals surface area (Å²) in [4.78, 5) is 13.0. The number of hydrogen-bond donors (Lipinski definition) is 1. The SMILES string of the molecule is C[C@H]1CCC[C@H](NCC(=O)N(C)C)C1. The lowest BCUT2D eigenvalue weighted by Gasteiger charge is -2.27. The standard InChI is InChI=1S/C11H22N2O/c1-9-5-4-6-10(7-9)12-8-11(14)13(2)3/h9-10,12H,4-8H2,1-3H3/t9-,10-/m0/s1. The highest BCUT2D eigenvalue weighted by atomic mass is 16.2. The van der Waals surface area contributed by atoms with Crippen molar-refractivity contribution < 1.29 is 4.79 Å². The second kappa shape index (κ2) is 5.35. The number of carbonyl (C=O) groups is 1. The molecule has 1 saturated carbocycles. The number of rotatable bonds is 3. The van der Waals surface area contributed by atoms with Crippen LogP contribution in [0.5, 0.6) is 0 Å². The Bertz CT molecular complexity index is 192. The predicted molar refractivity (Wildman–Crippen MR) is 58.1 cm³/mol. The summed E-state index contributed by atoms with van der Waals surface area (Å²) in [6.07, 6.45) is 5.10. The van der Waals surface area contributed by atoms with Crippen molar-refractivity contribution in [3.05, 3.63) is 0 Å². The molecule has 0 heterocycles. The van der Waals surface area contributed by atoms with Crippen molar-refractivity contribution in [1.29, 1.82) is 0 Å². The van der Waals surface area contributed by atoms with Crippen LogP contribution in [0.3, 0.4) is 0 Å². The van der Waals surface area contributed by atoms with Gasteiger partial charge in [-0.15, -0.1) is 0 Å². The predicted octanol–water partition coefficient (Wildman–Crippen LogP) is 1.24. The van der Waals surface area contributed by atoms with Crippen LogP contribution in [0.1, 0.15) is 32.6 Å². The van der Waals surface area contributed by atoms with Gasteiger partial charge in [0.1, 0.15) is 0 Å². The van der Waals surface area contributed by atoms with Gasteiger partial charge in [-0.05, 0) is 18.8 Å². The molecular formula is C11H22N2O. The van der Waals surface area contributed by atoms with E-state index in [-0.39, 0.29) is 5.91 Å². The van der Waals surface area contributed by atoms with E-state index < -0.39 is 0 Å².